The van der Waals surface area contributed by atoms with Crippen molar-refractivity contribution in [2.45, 2.75) is 26.4 Å². The van der Waals surface area contributed by atoms with Gasteiger partial charge in [-0.1, -0.05) is 13.3 Å². The number of nitrogens with zero attached hydrogens (tertiary/aromatic N) is 1. The van der Waals surface area contributed by atoms with E-state index in [0.717, 1.165) is 12.8 Å². The number of methoxy groups -OCH3 is 1. The molecule has 0 aliphatic rings. The van der Waals surface area contributed by atoms with Crippen LogP contribution in [-0.2, 0) is 6.61 Å². The van der Waals surface area contributed by atoms with Gasteiger partial charge in [-0.15, -0.1) is 0 Å². The van der Waals surface area contributed by atoms with Crippen LogP contribution in [0.4, 0.5) is 5.69 Å². The number of rotatable bonds is 7. The highest BCUT2D eigenvalue weighted by Gasteiger charge is 2.19. The van der Waals surface area contributed by atoms with Gasteiger partial charge < -0.3 is 14.6 Å². The lowest BCUT2D eigenvalue weighted by atomic mass is 10.1. The van der Waals surface area contributed by atoms with E-state index in [4.69, 9.17) is 14.6 Å². The summed E-state index contributed by atoms with van der Waals surface area (Å²) in [5, 5.41) is 20.0. The lowest BCUT2D eigenvalue weighted by Crippen LogP contribution is -2.02. The van der Waals surface area contributed by atoms with Gasteiger partial charge in [0.05, 0.1) is 36.9 Å². The molecule has 1 aromatic rings. The second-order valence-electron chi connectivity index (χ2n) is 3.75. The molecule has 18 heavy (non-hydrogen) atoms. The first kappa shape index (κ1) is 14.2. The zero-order chi connectivity index (χ0) is 13.5. The Morgan fingerprint density at radius 3 is 2.61 bits per heavy atom. The Bertz CT molecular complexity index is 419. The van der Waals surface area contributed by atoms with Crippen LogP contribution in [0.2, 0.25) is 0 Å². The number of unbranched alkanes of at least 4 members (excludes halogenated alkanes) is 1. The van der Waals surface area contributed by atoms with Crippen LogP contribution < -0.4 is 9.47 Å². The van der Waals surface area contributed by atoms with Crippen molar-refractivity contribution in [3.05, 3.63) is 27.8 Å². The average molecular weight is 255 g/mol. The molecule has 0 amide bonds. The van der Waals surface area contributed by atoms with Crippen LogP contribution in [0.15, 0.2) is 12.1 Å². The molecular formula is C12H17NO5. The van der Waals surface area contributed by atoms with Crippen molar-refractivity contribution in [2.24, 2.45) is 0 Å². The molecule has 0 unspecified atom stereocenters. The predicted molar refractivity (Wildman–Crippen MR) is 66.0 cm³/mol. The minimum atomic E-state index is -0.544. The van der Waals surface area contributed by atoms with E-state index in [1.165, 1.54) is 19.2 Å². The summed E-state index contributed by atoms with van der Waals surface area (Å²) in [6.07, 6.45) is 1.83. The maximum atomic E-state index is 10.9. The van der Waals surface area contributed by atoms with Gasteiger partial charge in [-0.2, -0.15) is 0 Å². The molecule has 0 heterocycles. The van der Waals surface area contributed by atoms with Gasteiger partial charge in [0.2, 0.25) is 0 Å². The summed E-state index contributed by atoms with van der Waals surface area (Å²) >= 11 is 0. The molecular weight excluding hydrogens is 238 g/mol. The first-order chi connectivity index (χ1) is 8.63. The van der Waals surface area contributed by atoms with E-state index < -0.39 is 11.5 Å². The van der Waals surface area contributed by atoms with Gasteiger partial charge in [0.15, 0.2) is 11.5 Å². The molecule has 0 saturated heterocycles. The summed E-state index contributed by atoms with van der Waals surface area (Å²) in [6, 6.07) is 2.72. The molecule has 6 heteroatoms. The molecule has 0 bridgehead atoms. The number of aliphatic hydroxyl groups excluding tert-OH is 1. The molecule has 0 fully saturated rings. The summed E-state index contributed by atoms with van der Waals surface area (Å²) < 4.78 is 10.5. The highest BCUT2D eigenvalue weighted by molar-refractivity contribution is 5.54. The van der Waals surface area contributed by atoms with Gasteiger partial charge in [-0.25, -0.2) is 0 Å². The summed E-state index contributed by atoms with van der Waals surface area (Å²) in [6.45, 7) is 2.09. The molecule has 0 aliphatic heterocycles. The van der Waals surface area contributed by atoms with Crippen LogP contribution in [0.25, 0.3) is 0 Å². The molecule has 0 aromatic heterocycles. The summed E-state index contributed by atoms with van der Waals surface area (Å²) in [5.41, 5.74) is 0.0458. The van der Waals surface area contributed by atoms with Gasteiger partial charge in [-0.05, 0) is 12.5 Å². The van der Waals surface area contributed by atoms with Crippen molar-refractivity contribution in [3.8, 4) is 11.5 Å². The van der Waals surface area contributed by atoms with E-state index >= 15 is 0 Å². The molecule has 0 atom stereocenters. The maximum absolute atomic E-state index is 10.9. The lowest BCUT2D eigenvalue weighted by Gasteiger charge is -2.11. The van der Waals surface area contributed by atoms with E-state index in [1.807, 2.05) is 6.92 Å². The highest BCUT2D eigenvalue weighted by Crippen LogP contribution is 2.34. The van der Waals surface area contributed by atoms with Gasteiger partial charge in [0.1, 0.15) is 0 Å². The topological polar surface area (TPSA) is 81.8 Å². The number of aliphatic hydroxyl groups is 1. The van der Waals surface area contributed by atoms with Crippen LogP contribution in [-0.4, -0.2) is 23.7 Å². The van der Waals surface area contributed by atoms with Gasteiger partial charge in [-0.3, -0.25) is 10.1 Å². The Balaban J connectivity index is 3.07. The van der Waals surface area contributed by atoms with E-state index in [9.17, 15) is 10.1 Å². The summed E-state index contributed by atoms with van der Waals surface area (Å²) in [7, 11) is 1.45. The lowest BCUT2D eigenvalue weighted by molar-refractivity contribution is -0.385. The van der Waals surface area contributed by atoms with Crippen LogP contribution in [0, 0.1) is 10.1 Å². The van der Waals surface area contributed by atoms with E-state index in [-0.39, 0.29) is 11.3 Å². The van der Waals surface area contributed by atoms with Crippen molar-refractivity contribution in [2.75, 3.05) is 13.7 Å². The van der Waals surface area contributed by atoms with Crippen molar-refractivity contribution >= 4 is 5.69 Å². The standard InChI is InChI=1S/C12H17NO5/c1-3-4-5-18-12-7-10(13(15)16)9(8-14)6-11(12)17-2/h6-7,14H,3-5,8H2,1-2H3. The fourth-order valence-electron chi connectivity index (χ4n) is 1.49. The molecule has 100 valence electrons. The SMILES string of the molecule is CCCCOc1cc([N+](=O)[O-])c(CO)cc1OC. The Morgan fingerprint density at radius 1 is 1.39 bits per heavy atom. The molecule has 1 N–H and O–H groups in total. The third kappa shape index (κ3) is 3.33. The summed E-state index contributed by atoms with van der Waals surface area (Å²) in [4.78, 5) is 10.3. The monoisotopic (exact) mass is 255 g/mol. The number of benzene rings is 1. The third-order valence-corrected chi connectivity index (χ3v) is 2.49. The molecule has 1 aromatic carbocycles. The zero-order valence-electron chi connectivity index (χ0n) is 10.5. The smallest absolute Gasteiger partial charge is 0.278 e. The number of nitro benzene ring substituents is 1. The highest BCUT2D eigenvalue weighted by atomic mass is 16.6. The Morgan fingerprint density at radius 2 is 2.11 bits per heavy atom. The van der Waals surface area contributed by atoms with Gasteiger partial charge in [0, 0.05) is 0 Å². The minimum Gasteiger partial charge on any atom is -0.493 e. The number of hydrogen-bond donors (Lipinski definition) is 1. The number of ether oxygens (including phenoxy) is 2. The zero-order valence-corrected chi connectivity index (χ0v) is 10.5. The molecule has 1 rings (SSSR count). The number of nitro groups is 1. The maximum Gasteiger partial charge on any atom is 0.278 e. The first-order valence-corrected chi connectivity index (χ1v) is 5.73. The predicted octanol–water partition coefficient (Wildman–Crippen LogP) is 2.27. The number of hydrogen-bond acceptors (Lipinski definition) is 5. The van der Waals surface area contributed by atoms with Crippen LogP contribution in [0.1, 0.15) is 25.3 Å². The van der Waals surface area contributed by atoms with Crippen LogP contribution in [0.5, 0.6) is 11.5 Å². The molecule has 6 nitrogen and oxygen atoms in total. The fraction of sp³-hybridized carbons (Fsp3) is 0.500. The molecule has 0 radical (unpaired) electrons. The third-order valence-electron chi connectivity index (χ3n) is 2.49. The van der Waals surface area contributed by atoms with Crippen molar-refractivity contribution in [1.82, 2.24) is 0 Å². The van der Waals surface area contributed by atoms with Crippen LogP contribution >= 0.6 is 0 Å². The normalized spacial score (nSPS) is 10.2. The van der Waals surface area contributed by atoms with E-state index in [2.05, 4.69) is 0 Å². The Kier molecular flexibility index (Phi) is 5.38. The average Bonchev–Trinajstić information content (AvgIpc) is 2.38. The molecule has 0 spiro atoms. The largest absolute Gasteiger partial charge is 0.493 e. The first-order valence-electron chi connectivity index (χ1n) is 5.73. The van der Waals surface area contributed by atoms with Crippen molar-refractivity contribution in [1.29, 1.82) is 0 Å². The van der Waals surface area contributed by atoms with Crippen molar-refractivity contribution in [3.63, 3.8) is 0 Å². The molecule has 0 aliphatic carbocycles. The molecule has 0 saturated carbocycles. The van der Waals surface area contributed by atoms with E-state index in [0.29, 0.717) is 18.1 Å². The quantitative estimate of drug-likeness (QED) is 0.459. The van der Waals surface area contributed by atoms with E-state index in [1.54, 1.807) is 0 Å². The van der Waals surface area contributed by atoms with Crippen LogP contribution in [0.3, 0.4) is 0 Å². The fourth-order valence-corrected chi connectivity index (χ4v) is 1.49. The second kappa shape index (κ2) is 6.80. The second-order valence-corrected chi connectivity index (χ2v) is 3.75. The van der Waals surface area contributed by atoms with Crippen molar-refractivity contribution < 1.29 is 19.5 Å². The Labute approximate surface area is 105 Å². The van der Waals surface area contributed by atoms with Gasteiger partial charge in [0.25, 0.3) is 5.69 Å². The van der Waals surface area contributed by atoms with Gasteiger partial charge >= 0.3 is 0 Å². The Hall–Kier alpha value is -1.82. The summed E-state index contributed by atoms with van der Waals surface area (Å²) in [5.74, 6) is 0.718. The minimum absolute atomic E-state index is 0.162.